The summed E-state index contributed by atoms with van der Waals surface area (Å²) in [6, 6.07) is 0. The summed E-state index contributed by atoms with van der Waals surface area (Å²) in [7, 11) is 5.78. The number of aliphatic imine (C=N–C) groups is 1. The lowest BCUT2D eigenvalue weighted by Crippen LogP contribution is -2.48. The molecule has 1 aliphatic carbocycles. The van der Waals surface area contributed by atoms with Crippen LogP contribution >= 0.6 is 0 Å². The van der Waals surface area contributed by atoms with Crippen molar-refractivity contribution in [1.82, 2.24) is 10.2 Å². The Morgan fingerprint density at radius 1 is 1.48 bits per heavy atom. The highest BCUT2D eigenvalue weighted by Crippen LogP contribution is 2.43. The zero-order chi connectivity index (χ0) is 15.1. The van der Waals surface area contributed by atoms with Crippen LogP contribution in [-0.4, -0.2) is 65.0 Å². The first-order valence-electron chi connectivity index (χ1n) is 8.17. The van der Waals surface area contributed by atoms with Gasteiger partial charge in [0.25, 0.3) is 0 Å². The predicted molar refractivity (Wildman–Crippen MR) is 85.7 cm³/mol. The molecule has 1 saturated carbocycles. The highest BCUT2D eigenvalue weighted by molar-refractivity contribution is 5.79. The predicted octanol–water partition coefficient (Wildman–Crippen LogP) is 1.74. The Hall–Kier alpha value is -0.810. The molecule has 0 aromatic rings. The number of nitrogens with one attached hydrogen (secondary N) is 1. The Morgan fingerprint density at radius 2 is 2.29 bits per heavy atom. The molecule has 1 aliphatic heterocycles. The van der Waals surface area contributed by atoms with E-state index in [1.54, 1.807) is 7.11 Å². The van der Waals surface area contributed by atoms with Crippen LogP contribution in [0.15, 0.2) is 4.99 Å². The van der Waals surface area contributed by atoms with Crippen molar-refractivity contribution in [3.63, 3.8) is 0 Å². The summed E-state index contributed by atoms with van der Waals surface area (Å²) in [4.78, 5) is 6.67. The van der Waals surface area contributed by atoms with Crippen molar-refractivity contribution in [2.24, 2.45) is 16.3 Å². The van der Waals surface area contributed by atoms with Gasteiger partial charge < -0.3 is 19.7 Å². The van der Waals surface area contributed by atoms with Gasteiger partial charge >= 0.3 is 0 Å². The fourth-order valence-electron chi connectivity index (χ4n) is 3.36. The summed E-state index contributed by atoms with van der Waals surface area (Å²) in [6.07, 6.45) is 6.27. The Balaban J connectivity index is 1.78. The fraction of sp³-hybridized carbons (Fsp3) is 0.938. The van der Waals surface area contributed by atoms with Gasteiger partial charge in [0.05, 0.1) is 6.61 Å². The maximum Gasteiger partial charge on any atom is 0.193 e. The van der Waals surface area contributed by atoms with E-state index in [1.807, 2.05) is 7.05 Å². The summed E-state index contributed by atoms with van der Waals surface area (Å²) in [5.74, 6) is 1.64. The van der Waals surface area contributed by atoms with Gasteiger partial charge in [-0.3, -0.25) is 4.99 Å². The van der Waals surface area contributed by atoms with Crippen LogP contribution in [0.25, 0.3) is 0 Å². The van der Waals surface area contributed by atoms with Gasteiger partial charge in [0, 0.05) is 53.4 Å². The normalized spacial score (nSPS) is 24.7. The Labute approximate surface area is 129 Å². The third kappa shape index (κ3) is 4.58. The first kappa shape index (κ1) is 16.6. The molecule has 0 radical (unpaired) electrons. The molecule has 0 spiro atoms. The monoisotopic (exact) mass is 297 g/mol. The van der Waals surface area contributed by atoms with Crippen LogP contribution in [0.2, 0.25) is 0 Å². The number of nitrogens with zero attached hydrogens (tertiary/aromatic N) is 2. The minimum atomic E-state index is 0.420. The molecule has 0 amide bonds. The number of hydrogen-bond acceptors (Lipinski definition) is 3. The van der Waals surface area contributed by atoms with Gasteiger partial charge in [-0.2, -0.15) is 0 Å². The van der Waals surface area contributed by atoms with Gasteiger partial charge in [-0.05, 0) is 31.1 Å². The minimum absolute atomic E-state index is 0.420. The fourth-order valence-corrected chi connectivity index (χ4v) is 3.36. The van der Waals surface area contributed by atoms with Crippen LogP contribution in [0.3, 0.4) is 0 Å². The second-order valence-electron chi connectivity index (χ2n) is 6.61. The molecule has 1 unspecified atom stereocenters. The van der Waals surface area contributed by atoms with E-state index in [2.05, 4.69) is 22.3 Å². The van der Waals surface area contributed by atoms with Crippen molar-refractivity contribution in [2.45, 2.75) is 32.1 Å². The van der Waals surface area contributed by atoms with Crippen molar-refractivity contribution < 1.29 is 9.47 Å². The van der Waals surface area contributed by atoms with Crippen molar-refractivity contribution in [2.75, 3.05) is 54.1 Å². The second-order valence-corrected chi connectivity index (χ2v) is 6.61. The Morgan fingerprint density at radius 3 is 2.81 bits per heavy atom. The second kappa shape index (κ2) is 7.99. The van der Waals surface area contributed by atoms with Crippen molar-refractivity contribution in [3.8, 4) is 0 Å². The standard InChI is InChI=1S/C16H31N3O2/c1-17-15(19(2)11-14-5-9-21-12-14)18-13-16(6-4-7-16)8-10-20-3/h14H,4-13H2,1-3H3,(H,17,18). The highest BCUT2D eigenvalue weighted by atomic mass is 16.5. The van der Waals surface area contributed by atoms with Crippen LogP contribution in [0.5, 0.6) is 0 Å². The van der Waals surface area contributed by atoms with Crippen LogP contribution < -0.4 is 5.32 Å². The zero-order valence-electron chi connectivity index (χ0n) is 13.9. The highest BCUT2D eigenvalue weighted by Gasteiger charge is 2.36. The SMILES string of the molecule is CN=C(NCC1(CCOC)CCC1)N(C)CC1CCOC1. The molecule has 1 heterocycles. The van der Waals surface area contributed by atoms with Crippen LogP contribution in [0, 0.1) is 11.3 Å². The molecule has 21 heavy (non-hydrogen) atoms. The van der Waals surface area contributed by atoms with Crippen molar-refractivity contribution >= 4 is 5.96 Å². The average Bonchev–Trinajstić information content (AvgIpc) is 2.94. The van der Waals surface area contributed by atoms with Gasteiger partial charge in [0.15, 0.2) is 5.96 Å². The summed E-state index contributed by atoms with van der Waals surface area (Å²) >= 11 is 0. The molecule has 0 aromatic carbocycles. The molecule has 2 rings (SSSR count). The van der Waals surface area contributed by atoms with Gasteiger partial charge in [-0.25, -0.2) is 0 Å². The summed E-state index contributed by atoms with van der Waals surface area (Å²) in [5.41, 5.74) is 0.420. The smallest absolute Gasteiger partial charge is 0.193 e. The maximum absolute atomic E-state index is 5.46. The van der Waals surface area contributed by atoms with E-state index in [-0.39, 0.29) is 0 Å². The van der Waals surface area contributed by atoms with Crippen molar-refractivity contribution in [3.05, 3.63) is 0 Å². The maximum atomic E-state index is 5.46. The van der Waals surface area contributed by atoms with Gasteiger partial charge in [-0.15, -0.1) is 0 Å². The molecule has 1 N–H and O–H groups in total. The number of ether oxygens (including phenoxy) is 2. The summed E-state index contributed by atoms with van der Waals surface area (Å²) in [6.45, 7) is 4.68. The molecular weight excluding hydrogens is 266 g/mol. The zero-order valence-corrected chi connectivity index (χ0v) is 13.9. The van der Waals surface area contributed by atoms with E-state index in [9.17, 15) is 0 Å². The number of rotatable bonds is 7. The molecule has 5 nitrogen and oxygen atoms in total. The quantitative estimate of drug-likeness (QED) is 0.574. The number of hydrogen-bond donors (Lipinski definition) is 1. The molecule has 1 saturated heterocycles. The molecule has 0 aromatic heterocycles. The van der Waals surface area contributed by atoms with Gasteiger partial charge in [-0.1, -0.05) is 6.42 Å². The number of methoxy groups -OCH3 is 1. The molecule has 122 valence electrons. The average molecular weight is 297 g/mol. The molecule has 5 heteroatoms. The van der Waals surface area contributed by atoms with E-state index in [0.29, 0.717) is 11.3 Å². The molecule has 1 atom stereocenters. The number of guanidine groups is 1. The largest absolute Gasteiger partial charge is 0.385 e. The van der Waals surface area contributed by atoms with Crippen molar-refractivity contribution in [1.29, 1.82) is 0 Å². The van der Waals surface area contributed by atoms with Gasteiger partial charge in [0.1, 0.15) is 0 Å². The summed E-state index contributed by atoms with van der Waals surface area (Å²) in [5, 5.41) is 3.57. The minimum Gasteiger partial charge on any atom is -0.385 e. The van der Waals surface area contributed by atoms with E-state index in [1.165, 1.54) is 25.7 Å². The third-order valence-electron chi connectivity index (χ3n) is 5.00. The van der Waals surface area contributed by atoms with Crippen LogP contribution in [-0.2, 0) is 9.47 Å². The third-order valence-corrected chi connectivity index (χ3v) is 5.00. The van der Waals surface area contributed by atoms with Gasteiger partial charge in [0.2, 0.25) is 0 Å². The summed E-state index contributed by atoms with van der Waals surface area (Å²) < 4.78 is 10.7. The Bertz CT molecular complexity index is 336. The molecule has 2 fully saturated rings. The molecular formula is C16H31N3O2. The lowest BCUT2D eigenvalue weighted by Gasteiger charge is -2.43. The Kier molecular flexibility index (Phi) is 6.30. The first-order chi connectivity index (χ1) is 10.2. The van der Waals surface area contributed by atoms with E-state index < -0.39 is 0 Å². The van der Waals surface area contributed by atoms with E-state index in [4.69, 9.17) is 9.47 Å². The van der Waals surface area contributed by atoms with E-state index >= 15 is 0 Å². The lowest BCUT2D eigenvalue weighted by atomic mass is 9.67. The molecule has 0 bridgehead atoms. The van der Waals surface area contributed by atoms with Crippen LogP contribution in [0.4, 0.5) is 0 Å². The topological polar surface area (TPSA) is 46.1 Å². The first-order valence-corrected chi connectivity index (χ1v) is 8.17. The van der Waals surface area contributed by atoms with Crippen LogP contribution in [0.1, 0.15) is 32.1 Å². The molecule has 2 aliphatic rings. The van der Waals surface area contributed by atoms with E-state index in [0.717, 1.165) is 45.3 Å². The lowest BCUT2D eigenvalue weighted by molar-refractivity contribution is 0.0726.